The minimum atomic E-state index is 0. The van der Waals surface area contributed by atoms with Crippen molar-refractivity contribution in [3.05, 3.63) is 0 Å². The molecule has 0 spiro atoms. The number of rotatable bonds is 8. The van der Waals surface area contributed by atoms with Gasteiger partial charge in [0.15, 0.2) is 0 Å². The van der Waals surface area contributed by atoms with Gasteiger partial charge >= 0.3 is 0 Å². The second-order valence-electron chi connectivity index (χ2n) is 3.19. The maximum atomic E-state index is 5.02. The average molecular weight is 189 g/mol. The first-order valence-corrected chi connectivity index (χ1v) is 5.06. The van der Waals surface area contributed by atoms with Crippen molar-refractivity contribution in [3.63, 3.8) is 0 Å². The van der Waals surface area contributed by atoms with E-state index in [-0.39, 0.29) is 7.43 Å². The third-order valence-electron chi connectivity index (χ3n) is 1.90. The van der Waals surface area contributed by atoms with Gasteiger partial charge in [-0.3, -0.25) is 0 Å². The molecule has 0 unspecified atom stereocenters. The van der Waals surface area contributed by atoms with Crippen molar-refractivity contribution >= 4 is 0 Å². The molecule has 0 N–H and O–H groups in total. The van der Waals surface area contributed by atoms with Gasteiger partial charge in [0.1, 0.15) is 0 Å². The number of methoxy groups -OCH3 is 1. The zero-order valence-electron chi connectivity index (χ0n) is 8.81. The van der Waals surface area contributed by atoms with Gasteiger partial charge in [0.25, 0.3) is 0 Å². The minimum Gasteiger partial charge on any atom is -0.385 e. The fourth-order valence-electron chi connectivity index (χ4n) is 1.40. The maximum absolute atomic E-state index is 5.02. The van der Waals surface area contributed by atoms with Crippen LogP contribution in [0.1, 0.15) is 40.5 Å². The van der Waals surface area contributed by atoms with Crippen molar-refractivity contribution in [2.24, 2.45) is 0 Å². The van der Waals surface area contributed by atoms with E-state index in [2.05, 4.69) is 18.7 Å². The lowest BCUT2D eigenvalue weighted by Crippen LogP contribution is -2.27. The highest BCUT2D eigenvalue weighted by atomic mass is 16.5. The second-order valence-corrected chi connectivity index (χ2v) is 3.19. The van der Waals surface area contributed by atoms with Gasteiger partial charge in [0, 0.05) is 20.3 Å². The summed E-state index contributed by atoms with van der Waals surface area (Å²) in [6, 6.07) is 0. The van der Waals surface area contributed by atoms with Gasteiger partial charge < -0.3 is 9.64 Å². The highest BCUT2D eigenvalue weighted by Crippen LogP contribution is 1.95. The Kier molecular flexibility index (Phi) is 14.1. The third-order valence-corrected chi connectivity index (χ3v) is 1.90. The molecule has 0 saturated carbocycles. The second kappa shape index (κ2) is 11.9. The first-order valence-electron chi connectivity index (χ1n) is 5.06. The third kappa shape index (κ3) is 9.84. The zero-order valence-corrected chi connectivity index (χ0v) is 8.81. The number of ether oxygens (including phenoxy) is 1. The van der Waals surface area contributed by atoms with E-state index in [0.29, 0.717) is 0 Å². The van der Waals surface area contributed by atoms with Gasteiger partial charge in [-0.2, -0.15) is 0 Å². The molecule has 2 heteroatoms. The van der Waals surface area contributed by atoms with Gasteiger partial charge in [0.2, 0.25) is 0 Å². The number of nitrogens with zero attached hydrogens (tertiary/aromatic N) is 1. The zero-order chi connectivity index (χ0) is 9.23. The van der Waals surface area contributed by atoms with Crippen molar-refractivity contribution in [3.8, 4) is 0 Å². The van der Waals surface area contributed by atoms with Gasteiger partial charge in [-0.15, -0.1) is 0 Å². The number of hydrogen-bond acceptors (Lipinski definition) is 2. The van der Waals surface area contributed by atoms with Crippen LogP contribution in [0.2, 0.25) is 0 Å². The van der Waals surface area contributed by atoms with Crippen LogP contribution in [0.5, 0.6) is 0 Å². The lowest BCUT2D eigenvalue weighted by atomic mass is 10.3. The van der Waals surface area contributed by atoms with Crippen LogP contribution in [-0.4, -0.2) is 38.3 Å². The Morgan fingerprint density at radius 3 is 1.92 bits per heavy atom. The van der Waals surface area contributed by atoms with Crippen molar-refractivity contribution in [1.82, 2.24) is 4.90 Å². The Bertz CT molecular complexity index is 80.2. The van der Waals surface area contributed by atoms with E-state index in [1.54, 1.807) is 7.11 Å². The molecule has 0 aromatic heterocycles. The molecule has 0 amide bonds. The summed E-state index contributed by atoms with van der Waals surface area (Å²) < 4.78 is 5.02. The monoisotopic (exact) mass is 189 g/mol. The fourth-order valence-corrected chi connectivity index (χ4v) is 1.40. The van der Waals surface area contributed by atoms with Crippen LogP contribution in [-0.2, 0) is 4.74 Å². The molecule has 0 aliphatic heterocycles. The van der Waals surface area contributed by atoms with E-state index in [1.165, 1.54) is 32.5 Å². The van der Waals surface area contributed by atoms with E-state index in [9.17, 15) is 0 Å². The molecule has 0 aromatic rings. The van der Waals surface area contributed by atoms with Crippen molar-refractivity contribution < 1.29 is 4.74 Å². The minimum absolute atomic E-state index is 0. The quantitative estimate of drug-likeness (QED) is 0.544. The Hall–Kier alpha value is -0.0800. The van der Waals surface area contributed by atoms with Gasteiger partial charge in [-0.05, 0) is 32.4 Å². The molecule has 0 heterocycles. The van der Waals surface area contributed by atoms with Crippen LogP contribution in [0.25, 0.3) is 0 Å². The van der Waals surface area contributed by atoms with Crippen LogP contribution in [0, 0.1) is 0 Å². The summed E-state index contributed by atoms with van der Waals surface area (Å²) in [5.41, 5.74) is 0. The van der Waals surface area contributed by atoms with Crippen molar-refractivity contribution in [1.29, 1.82) is 0 Å². The summed E-state index contributed by atoms with van der Waals surface area (Å²) in [6.45, 7) is 9.02. The summed E-state index contributed by atoms with van der Waals surface area (Å²) in [4.78, 5) is 2.51. The van der Waals surface area contributed by atoms with Crippen molar-refractivity contribution in [2.75, 3.05) is 33.4 Å². The fraction of sp³-hybridized carbons (Fsp3) is 1.00. The van der Waals surface area contributed by atoms with Crippen LogP contribution in [0.3, 0.4) is 0 Å². The Balaban J connectivity index is 0. The molecule has 0 aliphatic rings. The molecule has 0 bridgehead atoms. The van der Waals surface area contributed by atoms with Crippen LogP contribution >= 0.6 is 0 Å². The molecular weight excluding hydrogens is 162 g/mol. The highest BCUT2D eigenvalue weighted by molar-refractivity contribution is 4.55. The average Bonchev–Trinajstić information content (AvgIpc) is 2.06. The predicted octanol–water partition coefficient (Wildman–Crippen LogP) is 2.78. The van der Waals surface area contributed by atoms with E-state index in [0.717, 1.165) is 13.0 Å². The summed E-state index contributed by atoms with van der Waals surface area (Å²) in [7, 11) is 1.77. The maximum Gasteiger partial charge on any atom is 0.0474 e. The molecule has 0 fully saturated rings. The smallest absolute Gasteiger partial charge is 0.0474 e. The molecular formula is C11H27NO. The Morgan fingerprint density at radius 1 is 1.00 bits per heavy atom. The molecule has 0 aliphatic carbocycles. The lowest BCUT2D eigenvalue weighted by Gasteiger charge is -2.20. The SMILES string of the molecule is C.CCCN(CCC)CCCOC. The van der Waals surface area contributed by atoms with Crippen molar-refractivity contribution in [2.45, 2.75) is 40.5 Å². The van der Waals surface area contributed by atoms with E-state index >= 15 is 0 Å². The van der Waals surface area contributed by atoms with E-state index in [1.807, 2.05) is 0 Å². The van der Waals surface area contributed by atoms with E-state index < -0.39 is 0 Å². The van der Waals surface area contributed by atoms with Gasteiger partial charge in [-0.1, -0.05) is 21.3 Å². The highest BCUT2D eigenvalue weighted by Gasteiger charge is 2.00. The summed E-state index contributed by atoms with van der Waals surface area (Å²) in [5, 5.41) is 0. The topological polar surface area (TPSA) is 12.5 Å². The largest absolute Gasteiger partial charge is 0.385 e. The summed E-state index contributed by atoms with van der Waals surface area (Å²) in [6.07, 6.45) is 3.68. The van der Waals surface area contributed by atoms with Gasteiger partial charge in [-0.25, -0.2) is 0 Å². The lowest BCUT2D eigenvalue weighted by molar-refractivity contribution is 0.171. The van der Waals surface area contributed by atoms with Crippen LogP contribution in [0.4, 0.5) is 0 Å². The molecule has 82 valence electrons. The molecule has 2 nitrogen and oxygen atoms in total. The first-order chi connectivity index (χ1) is 5.85. The Labute approximate surface area is 84.3 Å². The molecule has 0 saturated heterocycles. The molecule has 0 atom stereocenters. The standard InChI is InChI=1S/C10H23NO.CH4/c1-4-7-11(8-5-2)9-6-10-12-3;/h4-10H2,1-3H3;1H4. The van der Waals surface area contributed by atoms with Crippen LogP contribution in [0.15, 0.2) is 0 Å². The number of hydrogen-bond donors (Lipinski definition) is 0. The first kappa shape index (κ1) is 15.4. The molecule has 0 aromatic carbocycles. The molecule has 13 heavy (non-hydrogen) atoms. The molecule has 0 radical (unpaired) electrons. The van der Waals surface area contributed by atoms with Gasteiger partial charge in [0.05, 0.1) is 0 Å². The summed E-state index contributed by atoms with van der Waals surface area (Å²) >= 11 is 0. The normalized spacial score (nSPS) is 10.2. The van der Waals surface area contributed by atoms with Crippen LogP contribution < -0.4 is 0 Å². The molecule has 0 rings (SSSR count). The Morgan fingerprint density at radius 2 is 1.54 bits per heavy atom. The predicted molar refractivity (Wildman–Crippen MR) is 60.2 cm³/mol. The summed E-state index contributed by atoms with van der Waals surface area (Å²) in [5.74, 6) is 0. The van der Waals surface area contributed by atoms with E-state index in [4.69, 9.17) is 4.74 Å².